The van der Waals surface area contributed by atoms with Gasteiger partial charge in [0.2, 0.25) is 5.28 Å². The van der Waals surface area contributed by atoms with Gasteiger partial charge in [0.25, 0.3) is 0 Å². The molecular formula is C15H19ClFN3O2. The number of hydrogen-bond donors (Lipinski definition) is 1. The highest BCUT2D eigenvalue weighted by Crippen LogP contribution is 2.44. The first-order chi connectivity index (χ1) is 10.6. The van der Waals surface area contributed by atoms with E-state index in [1.807, 2.05) is 0 Å². The normalized spacial score (nSPS) is 30.7. The summed E-state index contributed by atoms with van der Waals surface area (Å²) in [5, 5.41) is 3.10. The molecule has 0 radical (unpaired) electrons. The average molecular weight is 328 g/mol. The minimum Gasteiger partial charge on any atom is -0.469 e. The van der Waals surface area contributed by atoms with Crippen LogP contribution < -0.4 is 5.32 Å². The number of methoxy groups -OCH3 is 1. The molecule has 0 aromatic carbocycles. The zero-order valence-corrected chi connectivity index (χ0v) is 13.1. The van der Waals surface area contributed by atoms with Crippen molar-refractivity contribution in [1.29, 1.82) is 0 Å². The molecule has 1 aromatic heterocycles. The van der Waals surface area contributed by atoms with Gasteiger partial charge >= 0.3 is 5.97 Å². The molecule has 4 atom stereocenters. The molecule has 4 unspecified atom stereocenters. The molecular weight excluding hydrogens is 309 g/mol. The Balaban J connectivity index is 1.91. The number of esters is 1. The van der Waals surface area contributed by atoms with Crippen LogP contribution in [0.4, 0.5) is 10.2 Å². The molecule has 1 N–H and O–H groups in total. The molecule has 2 bridgehead atoms. The van der Waals surface area contributed by atoms with Crippen molar-refractivity contribution in [2.24, 2.45) is 17.8 Å². The van der Waals surface area contributed by atoms with E-state index in [-0.39, 0.29) is 34.9 Å². The van der Waals surface area contributed by atoms with Crippen molar-refractivity contribution < 1.29 is 13.9 Å². The van der Waals surface area contributed by atoms with Crippen LogP contribution in [0.2, 0.25) is 5.28 Å². The third-order valence-corrected chi connectivity index (χ3v) is 5.13. The summed E-state index contributed by atoms with van der Waals surface area (Å²) in [7, 11) is 1.40. The summed E-state index contributed by atoms with van der Waals surface area (Å²) in [5.74, 6) is -0.395. The Morgan fingerprint density at radius 2 is 2.09 bits per heavy atom. The van der Waals surface area contributed by atoms with Gasteiger partial charge in [-0.2, -0.15) is 4.98 Å². The number of aromatic nitrogens is 2. The van der Waals surface area contributed by atoms with Gasteiger partial charge in [-0.15, -0.1) is 0 Å². The predicted octanol–water partition coefficient (Wildman–Crippen LogP) is 3.05. The summed E-state index contributed by atoms with van der Waals surface area (Å²) in [5.41, 5.74) is 0. The molecule has 5 nitrogen and oxygen atoms in total. The van der Waals surface area contributed by atoms with Gasteiger partial charge in [-0.1, -0.05) is 6.42 Å². The molecule has 3 aliphatic rings. The summed E-state index contributed by atoms with van der Waals surface area (Å²) >= 11 is 5.75. The Labute approximate surface area is 133 Å². The van der Waals surface area contributed by atoms with Crippen LogP contribution in [0.15, 0.2) is 6.20 Å². The van der Waals surface area contributed by atoms with E-state index in [1.165, 1.54) is 7.11 Å². The number of halogens is 2. The van der Waals surface area contributed by atoms with Gasteiger partial charge in [-0.05, 0) is 49.1 Å². The first kappa shape index (κ1) is 15.5. The molecule has 120 valence electrons. The second-order valence-electron chi connectivity index (χ2n) is 6.08. The van der Waals surface area contributed by atoms with Crippen molar-refractivity contribution in [2.45, 2.75) is 38.1 Å². The topological polar surface area (TPSA) is 64.1 Å². The maximum Gasteiger partial charge on any atom is 0.311 e. The van der Waals surface area contributed by atoms with Gasteiger partial charge in [-0.3, -0.25) is 4.79 Å². The Morgan fingerprint density at radius 1 is 1.36 bits per heavy atom. The van der Waals surface area contributed by atoms with Gasteiger partial charge in [0.15, 0.2) is 11.6 Å². The summed E-state index contributed by atoms with van der Waals surface area (Å²) in [6.45, 7) is 0. The van der Waals surface area contributed by atoms with Crippen LogP contribution in [0, 0.1) is 23.6 Å². The van der Waals surface area contributed by atoms with Crippen molar-refractivity contribution in [1.82, 2.24) is 9.97 Å². The van der Waals surface area contributed by atoms with Crippen LogP contribution >= 0.6 is 11.6 Å². The van der Waals surface area contributed by atoms with Crippen molar-refractivity contribution in [2.75, 3.05) is 12.4 Å². The van der Waals surface area contributed by atoms with Gasteiger partial charge in [0, 0.05) is 6.04 Å². The summed E-state index contributed by atoms with van der Waals surface area (Å²) in [6, 6.07) is -0.172. The fraction of sp³-hybridized carbons (Fsp3) is 0.667. The largest absolute Gasteiger partial charge is 0.469 e. The van der Waals surface area contributed by atoms with Crippen LogP contribution in [0.3, 0.4) is 0 Å². The molecule has 0 spiro atoms. The smallest absolute Gasteiger partial charge is 0.311 e. The number of carbonyl (C=O) groups is 1. The molecule has 3 fully saturated rings. The number of nitrogens with one attached hydrogen (secondary N) is 1. The van der Waals surface area contributed by atoms with Gasteiger partial charge in [0.1, 0.15) is 0 Å². The lowest BCUT2D eigenvalue weighted by Gasteiger charge is -2.39. The van der Waals surface area contributed by atoms with E-state index in [4.69, 9.17) is 16.3 Å². The first-order valence-corrected chi connectivity index (χ1v) is 8.00. The van der Waals surface area contributed by atoms with Crippen LogP contribution in [0.5, 0.6) is 0 Å². The Morgan fingerprint density at radius 3 is 2.86 bits per heavy atom. The standard InChI is InChI=1S/C15H19ClFN3O2/c1-22-14(21)11-8-3-2-4-9(6-5-8)12(11)19-13-10(17)7-18-15(16)20-13/h7-9,11-12H,2-6H2,1H3,(H,18,19,20). The minimum absolute atomic E-state index is 0.0164. The highest BCUT2D eigenvalue weighted by atomic mass is 35.5. The zero-order chi connectivity index (χ0) is 15.7. The number of carbonyl (C=O) groups excluding carboxylic acids is 1. The highest BCUT2D eigenvalue weighted by Gasteiger charge is 2.46. The molecule has 1 aromatic rings. The maximum atomic E-state index is 13.9. The number of nitrogens with zero attached hydrogens (tertiary/aromatic N) is 2. The van der Waals surface area contributed by atoms with E-state index in [1.54, 1.807) is 0 Å². The zero-order valence-electron chi connectivity index (χ0n) is 12.4. The first-order valence-electron chi connectivity index (χ1n) is 7.62. The minimum atomic E-state index is -0.562. The SMILES string of the molecule is COC(=O)C1C2CCCC(CC2)C1Nc1nc(Cl)ncc1F. The highest BCUT2D eigenvalue weighted by molar-refractivity contribution is 6.28. The van der Waals surface area contributed by atoms with Gasteiger partial charge < -0.3 is 10.1 Å². The fourth-order valence-electron chi connectivity index (χ4n) is 3.95. The quantitative estimate of drug-likeness (QED) is 0.683. The molecule has 1 heterocycles. The molecule has 0 aliphatic heterocycles. The number of fused-ring (bicyclic) bond motifs is 4. The number of ether oxygens (including phenoxy) is 1. The van der Waals surface area contributed by atoms with Gasteiger partial charge in [-0.25, -0.2) is 9.37 Å². The van der Waals surface area contributed by atoms with Crippen LogP contribution in [-0.4, -0.2) is 29.1 Å². The van der Waals surface area contributed by atoms with Crippen molar-refractivity contribution >= 4 is 23.4 Å². The van der Waals surface area contributed by atoms with Crippen molar-refractivity contribution in [3.05, 3.63) is 17.3 Å². The number of hydrogen-bond acceptors (Lipinski definition) is 5. The van der Waals surface area contributed by atoms with E-state index in [0.717, 1.165) is 38.3 Å². The van der Waals surface area contributed by atoms with Crippen LogP contribution in [0.25, 0.3) is 0 Å². The van der Waals surface area contributed by atoms with Gasteiger partial charge in [0.05, 0.1) is 19.2 Å². The predicted molar refractivity (Wildman–Crippen MR) is 80.0 cm³/mol. The monoisotopic (exact) mass is 327 g/mol. The molecule has 7 heteroatoms. The van der Waals surface area contributed by atoms with E-state index in [2.05, 4.69) is 15.3 Å². The fourth-order valence-corrected chi connectivity index (χ4v) is 4.08. The molecule has 4 rings (SSSR count). The maximum absolute atomic E-state index is 13.9. The molecule has 0 amide bonds. The average Bonchev–Trinajstić information content (AvgIpc) is 2.84. The second kappa shape index (κ2) is 6.36. The third kappa shape index (κ3) is 2.89. The second-order valence-corrected chi connectivity index (χ2v) is 6.42. The Kier molecular flexibility index (Phi) is 4.47. The molecule has 0 saturated heterocycles. The van der Waals surface area contributed by atoms with Crippen molar-refractivity contribution in [3.8, 4) is 0 Å². The lowest BCUT2D eigenvalue weighted by Crippen LogP contribution is -2.47. The van der Waals surface area contributed by atoms with E-state index >= 15 is 0 Å². The summed E-state index contributed by atoms with van der Waals surface area (Å²) in [4.78, 5) is 19.8. The third-order valence-electron chi connectivity index (χ3n) is 4.95. The number of rotatable bonds is 3. The van der Waals surface area contributed by atoms with E-state index in [0.29, 0.717) is 5.92 Å². The lowest BCUT2D eigenvalue weighted by molar-refractivity contribution is -0.149. The molecule has 3 saturated carbocycles. The Bertz CT molecular complexity index is 568. The van der Waals surface area contributed by atoms with E-state index in [9.17, 15) is 9.18 Å². The van der Waals surface area contributed by atoms with Crippen LogP contribution in [-0.2, 0) is 9.53 Å². The van der Waals surface area contributed by atoms with Crippen LogP contribution in [0.1, 0.15) is 32.1 Å². The Hall–Kier alpha value is -1.43. The molecule has 22 heavy (non-hydrogen) atoms. The lowest BCUT2D eigenvalue weighted by atomic mass is 9.71. The summed E-state index contributed by atoms with van der Waals surface area (Å²) < 4.78 is 18.9. The molecule has 3 aliphatic carbocycles. The van der Waals surface area contributed by atoms with E-state index < -0.39 is 5.82 Å². The summed E-state index contributed by atoms with van der Waals surface area (Å²) in [6.07, 6.45) is 6.24. The number of anilines is 1. The van der Waals surface area contributed by atoms with Crippen molar-refractivity contribution in [3.63, 3.8) is 0 Å².